The van der Waals surface area contributed by atoms with Gasteiger partial charge >= 0.3 is 0 Å². The summed E-state index contributed by atoms with van der Waals surface area (Å²) in [6.07, 6.45) is 5.69. The van der Waals surface area contributed by atoms with E-state index in [4.69, 9.17) is 15.2 Å². The number of hydrogen-bond acceptors (Lipinski definition) is 7. The number of carbonyl (C=O) groups excluding carboxylic acids is 1. The Morgan fingerprint density at radius 2 is 2.07 bits per heavy atom. The van der Waals surface area contributed by atoms with Crippen molar-refractivity contribution in [2.75, 3.05) is 18.2 Å². The molecule has 2 heterocycles. The molecule has 0 saturated carbocycles. The molecule has 3 N–H and O–H groups in total. The molecule has 27 heavy (non-hydrogen) atoms. The first-order valence-electron chi connectivity index (χ1n) is 7.92. The zero-order chi connectivity index (χ0) is 19.2. The van der Waals surface area contributed by atoms with Gasteiger partial charge in [-0.2, -0.15) is 0 Å². The minimum absolute atomic E-state index is 0.242. The normalized spacial score (nSPS) is 10.1. The van der Waals surface area contributed by atoms with E-state index < -0.39 is 0 Å². The van der Waals surface area contributed by atoms with Crippen molar-refractivity contribution in [2.24, 2.45) is 0 Å². The van der Waals surface area contributed by atoms with E-state index in [-0.39, 0.29) is 17.6 Å². The molecule has 3 rings (SSSR count). The molecular formula is C19H17N5O3. The maximum atomic E-state index is 11.5. The third kappa shape index (κ3) is 4.18. The van der Waals surface area contributed by atoms with Gasteiger partial charge in [0.05, 0.1) is 18.9 Å². The van der Waals surface area contributed by atoms with E-state index in [1.54, 1.807) is 49.8 Å². The number of ether oxygens (including phenoxy) is 2. The molecule has 1 amide bonds. The van der Waals surface area contributed by atoms with Crippen LogP contribution in [0.5, 0.6) is 17.4 Å². The van der Waals surface area contributed by atoms with Crippen molar-refractivity contribution in [1.29, 1.82) is 0 Å². The first-order valence-corrected chi connectivity index (χ1v) is 7.92. The maximum Gasteiger partial charge on any atom is 0.247 e. The number of aromatic nitrogens is 3. The summed E-state index contributed by atoms with van der Waals surface area (Å²) >= 11 is 0. The lowest BCUT2D eigenvalue weighted by atomic mass is 10.1. The van der Waals surface area contributed by atoms with Gasteiger partial charge in [0, 0.05) is 23.5 Å². The van der Waals surface area contributed by atoms with Crippen LogP contribution in [0.3, 0.4) is 0 Å². The average Bonchev–Trinajstić information content (AvgIpc) is 2.68. The van der Waals surface area contributed by atoms with E-state index in [1.165, 1.54) is 12.4 Å². The second kappa shape index (κ2) is 7.96. The Hall–Kier alpha value is -3.94. The van der Waals surface area contributed by atoms with Crippen LogP contribution in [0, 0.1) is 0 Å². The molecule has 1 aromatic carbocycles. The zero-order valence-corrected chi connectivity index (χ0v) is 14.5. The number of pyridine rings is 1. The van der Waals surface area contributed by atoms with E-state index in [0.717, 1.165) is 0 Å². The lowest BCUT2D eigenvalue weighted by Gasteiger charge is -2.13. The number of hydrogen-bond donors (Lipinski definition) is 2. The van der Waals surface area contributed by atoms with Crippen LogP contribution in [0.2, 0.25) is 0 Å². The maximum absolute atomic E-state index is 11.5. The molecular weight excluding hydrogens is 346 g/mol. The monoisotopic (exact) mass is 363 g/mol. The number of nitrogen functional groups attached to an aromatic ring is 1. The highest BCUT2D eigenvalue weighted by molar-refractivity contribution is 5.98. The summed E-state index contributed by atoms with van der Waals surface area (Å²) in [4.78, 5) is 23.8. The summed E-state index contributed by atoms with van der Waals surface area (Å²) in [5.41, 5.74) is 7.75. The molecule has 0 atom stereocenters. The van der Waals surface area contributed by atoms with Gasteiger partial charge in [0.25, 0.3) is 0 Å². The molecule has 2 aromatic heterocycles. The van der Waals surface area contributed by atoms with Crippen molar-refractivity contribution in [3.63, 3.8) is 0 Å². The summed E-state index contributed by atoms with van der Waals surface area (Å²) in [6.45, 7) is 3.43. The van der Waals surface area contributed by atoms with Gasteiger partial charge in [-0.1, -0.05) is 12.6 Å². The minimum atomic E-state index is -0.318. The first kappa shape index (κ1) is 17.9. The van der Waals surface area contributed by atoms with Crippen LogP contribution in [-0.2, 0) is 4.79 Å². The molecule has 136 valence electrons. The number of methoxy groups -OCH3 is 1. The number of amides is 1. The number of nitrogens with two attached hydrogens (primary N) is 1. The molecule has 0 bridgehead atoms. The van der Waals surface area contributed by atoms with Gasteiger partial charge in [-0.05, 0) is 24.3 Å². The summed E-state index contributed by atoms with van der Waals surface area (Å²) in [6, 6.07) is 8.62. The predicted molar refractivity (Wildman–Crippen MR) is 102 cm³/mol. The molecule has 0 aliphatic carbocycles. The molecule has 0 aliphatic rings. The van der Waals surface area contributed by atoms with Crippen LogP contribution in [0.4, 0.5) is 11.5 Å². The molecule has 3 aromatic rings. The van der Waals surface area contributed by atoms with Crippen molar-refractivity contribution in [3.05, 3.63) is 61.7 Å². The Labute approximate surface area is 155 Å². The Morgan fingerprint density at radius 1 is 1.22 bits per heavy atom. The molecule has 0 unspecified atom stereocenters. The molecule has 0 fully saturated rings. The lowest BCUT2D eigenvalue weighted by Crippen LogP contribution is -2.07. The number of nitrogens with one attached hydrogen (secondary N) is 1. The number of benzene rings is 1. The fourth-order valence-corrected chi connectivity index (χ4v) is 2.34. The third-order valence-electron chi connectivity index (χ3n) is 3.58. The topological polar surface area (TPSA) is 112 Å². The second-order valence-corrected chi connectivity index (χ2v) is 5.38. The van der Waals surface area contributed by atoms with Gasteiger partial charge in [-0.3, -0.25) is 9.78 Å². The highest BCUT2D eigenvalue weighted by Gasteiger charge is 2.15. The smallest absolute Gasteiger partial charge is 0.247 e. The van der Waals surface area contributed by atoms with E-state index in [2.05, 4.69) is 26.8 Å². The summed E-state index contributed by atoms with van der Waals surface area (Å²) < 4.78 is 11.1. The van der Waals surface area contributed by atoms with Crippen LogP contribution >= 0.6 is 0 Å². The van der Waals surface area contributed by atoms with Crippen LogP contribution < -0.4 is 20.5 Å². The zero-order valence-electron chi connectivity index (χ0n) is 14.5. The number of nitrogens with zero attached hydrogens (tertiary/aromatic N) is 3. The van der Waals surface area contributed by atoms with E-state index in [0.29, 0.717) is 28.3 Å². The Morgan fingerprint density at radius 3 is 2.85 bits per heavy atom. The Kier molecular flexibility index (Phi) is 5.27. The predicted octanol–water partition coefficient (Wildman–Crippen LogP) is 3.05. The minimum Gasteiger partial charge on any atom is -0.495 e. The van der Waals surface area contributed by atoms with Crippen molar-refractivity contribution >= 4 is 17.4 Å². The van der Waals surface area contributed by atoms with Crippen molar-refractivity contribution in [2.45, 2.75) is 0 Å². The van der Waals surface area contributed by atoms with E-state index in [1.807, 2.05) is 0 Å². The fourth-order valence-electron chi connectivity index (χ4n) is 2.34. The van der Waals surface area contributed by atoms with E-state index in [9.17, 15) is 4.79 Å². The highest BCUT2D eigenvalue weighted by atomic mass is 16.5. The van der Waals surface area contributed by atoms with Gasteiger partial charge in [0.2, 0.25) is 11.8 Å². The van der Waals surface area contributed by atoms with Crippen molar-refractivity contribution < 1.29 is 14.3 Å². The van der Waals surface area contributed by atoms with Gasteiger partial charge in [0.1, 0.15) is 23.6 Å². The fraction of sp³-hybridized carbons (Fsp3) is 0.0526. The Bertz CT molecular complexity index is 991. The summed E-state index contributed by atoms with van der Waals surface area (Å²) in [7, 11) is 1.55. The second-order valence-electron chi connectivity index (χ2n) is 5.38. The molecule has 0 aliphatic heterocycles. The number of rotatable bonds is 6. The number of carbonyl (C=O) groups is 1. The summed E-state index contributed by atoms with van der Waals surface area (Å²) in [5.74, 6) is 1.21. The largest absolute Gasteiger partial charge is 0.495 e. The van der Waals surface area contributed by atoms with Crippen LogP contribution in [0.1, 0.15) is 0 Å². The first-order chi connectivity index (χ1) is 13.1. The number of anilines is 2. The quantitative estimate of drug-likeness (QED) is 0.647. The standard InChI is InChI=1S/C19H17N5O3/c1-3-16(25)24-13-5-4-6-14(8-13)27-19-17(18(20)22-11-23-19)12-7-15(26-2)10-21-9-12/h3-11H,1H2,2H3,(H,24,25)(H2,20,22,23). The van der Waals surface area contributed by atoms with Crippen LogP contribution in [-0.4, -0.2) is 28.0 Å². The van der Waals surface area contributed by atoms with Gasteiger partial charge < -0.3 is 20.5 Å². The highest BCUT2D eigenvalue weighted by Crippen LogP contribution is 2.36. The van der Waals surface area contributed by atoms with E-state index >= 15 is 0 Å². The third-order valence-corrected chi connectivity index (χ3v) is 3.58. The molecule has 8 nitrogen and oxygen atoms in total. The lowest BCUT2D eigenvalue weighted by molar-refractivity contribution is -0.111. The molecule has 8 heteroatoms. The van der Waals surface area contributed by atoms with Gasteiger partial charge in [0.15, 0.2) is 0 Å². The summed E-state index contributed by atoms with van der Waals surface area (Å²) in [5, 5.41) is 2.67. The Balaban J connectivity index is 1.96. The SMILES string of the molecule is C=CC(=O)Nc1cccc(Oc2ncnc(N)c2-c2cncc(OC)c2)c1. The molecule has 0 spiro atoms. The van der Waals surface area contributed by atoms with Crippen molar-refractivity contribution in [1.82, 2.24) is 15.0 Å². The molecule has 0 saturated heterocycles. The van der Waals surface area contributed by atoms with Gasteiger partial charge in [-0.15, -0.1) is 0 Å². The molecule has 0 radical (unpaired) electrons. The van der Waals surface area contributed by atoms with Crippen LogP contribution in [0.25, 0.3) is 11.1 Å². The average molecular weight is 363 g/mol. The van der Waals surface area contributed by atoms with Crippen molar-refractivity contribution in [3.8, 4) is 28.5 Å². The van der Waals surface area contributed by atoms with Gasteiger partial charge in [-0.25, -0.2) is 9.97 Å². The van der Waals surface area contributed by atoms with Crippen LogP contribution in [0.15, 0.2) is 61.7 Å².